The lowest BCUT2D eigenvalue weighted by molar-refractivity contribution is -0.194. The van der Waals surface area contributed by atoms with Crippen LogP contribution in [0.5, 0.6) is 5.88 Å². The van der Waals surface area contributed by atoms with Crippen LogP contribution in [-0.4, -0.2) is 54.1 Å². The third-order valence-corrected chi connectivity index (χ3v) is 11.8. The SMILES string of the molecule is CC.Cc1cccc(C)c1-c1cc2nc(n1)NS(=O)(=O)c1cccc(c1)C(=O)N(C1CC3(CC(C)C3)C1)[C@H](CC1(C(F)(F)F)CC1)CO2.[HH]. The third-order valence-electron chi connectivity index (χ3n) is 10.5. The molecule has 260 valence electrons. The average molecular weight is 687 g/mol. The monoisotopic (exact) mass is 686 g/mol. The molecule has 48 heavy (non-hydrogen) atoms. The molecule has 1 atom stereocenters. The van der Waals surface area contributed by atoms with Crippen LogP contribution in [0.15, 0.2) is 53.4 Å². The van der Waals surface area contributed by atoms with Gasteiger partial charge < -0.3 is 9.64 Å². The molecule has 3 saturated carbocycles. The maximum absolute atomic E-state index is 14.4. The van der Waals surface area contributed by atoms with Gasteiger partial charge >= 0.3 is 6.18 Å². The van der Waals surface area contributed by atoms with Gasteiger partial charge in [-0.1, -0.05) is 45.0 Å². The summed E-state index contributed by atoms with van der Waals surface area (Å²) in [6.45, 7) is 9.76. The van der Waals surface area contributed by atoms with Gasteiger partial charge in [0.25, 0.3) is 15.9 Å². The largest absolute Gasteiger partial charge is 0.475 e. The van der Waals surface area contributed by atoms with E-state index in [4.69, 9.17) is 4.74 Å². The van der Waals surface area contributed by atoms with Gasteiger partial charge in [-0.15, -0.1) is 0 Å². The van der Waals surface area contributed by atoms with Gasteiger partial charge in [-0.2, -0.15) is 18.2 Å². The molecule has 3 aromatic rings. The van der Waals surface area contributed by atoms with Crippen molar-refractivity contribution in [2.24, 2.45) is 16.7 Å². The molecule has 1 aromatic heterocycles. The second kappa shape index (κ2) is 12.3. The van der Waals surface area contributed by atoms with Gasteiger partial charge in [0.1, 0.15) is 6.61 Å². The Morgan fingerprint density at radius 3 is 2.25 bits per heavy atom. The molecule has 1 N–H and O–H groups in total. The molecule has 8 nitrogen and oxygen atoms in total. The van der Waals surface area contributed by atoms with Crippen molar-refractivity contribution in [2.45, 2.75) is 103 Å². The minimum atomic E-state index is -4.43. The second-order valence-electron chi connectivity index (χ2n) is 14.1. The molecule has 1 amide bonds. The number of anilines is 1. The molecule has 4 aliphatic rings. The van der Waals surface area contributed by atoms with Crippen LogP contribution in [0.4, 0.5) is 19.1 Å². The van der Waals surface area contributed by atoms with E-state index >= 15 is 0 Å². The molecule has 12 heteroatoms. The minimum absolute atomic E-state index is 0. The Labute approximate surface area is 282 Å². The number of halogens is 3. The van der Waals surface area contributed by atoms with Gasteiger partial charge in [-0.25, -0.2) is 18.1 Å². The summed E-state index contributed by atoms with van der Waals surface area (Å²) in [5, 5.41) is 0. The summed E-state index contributed by atoms with van der Waals surface area (Å²) in [5.41, 5.74) is 1.25. The average Bonchev–Trinajstić information content (AvgIpc) is 3.79. The maximum Gasteiger partial charge on any atom is 0.394 e. The van der Waals surface area contributed by atoms with E-state index in [1.807, 2.05) is 45.9 Å². The van der Waals surface area contributed by atoms with Crippen molar-refractivity contribution < 1.29 is 32.5 Å². The topological polar surface area (TPSA) is 101 Å². The molecular formula is C36H45F3N4O4S. The Morgan fingerprint density at radius 1 is 1.00 bits per heavy atom. The second-order valence-corrected chi connectivity index (χ2v) is 15.7. The number of amides is 1. The van der Waals surface area contributed by atoms with Crippen molar-refractivity contribution >= 4 is 21.9 Å². The number of nitrogens with zero attached hydrogens (tertiary/aromatic N) is 3. The molecule has 7 rings (SSSR count). The number of carbonyl (C=O) groups is 1. The fourth-order valence-electron chi connectivity index (χ4n) is 8.16. The number of nitrogens with one attached hydrogen (secondary N) is 1. The van der Waals surface area contributed by atoms with Crippen LogP contribution < -0.4 is 9.46 Å². The number of fused-ring (bicyclic) bond motifs is 4. The van der Waals surface area contributed by atoms with Gasteiger partial charge in [0.05, 0.1) is 22.0 Å². The summed E-state index contributed by atoms with van der Waals surface area (Å²) in [6, 6.07) is 11.7. The van der Waals surface area contributed by atoms with E-state index in [-0.39, 0.29) is 61.0 Å². The van der Waals surface area contributed by atoms with Crippen LogP contribution in [0.25, 0.3) is 11.3 Å². The highest BCUT2D eigenvalue weighted by Gasteiger charge is 2.64. The van der Waals surface area contributed by atoms with E-state index in [0.717, 1.165) is 29.5 Å². The zero-order chi connectivity index (χ0) is 34.6. The van der Waals surface area contributed by atoms with E-state index in [0.29, 0.717) is 24.5 Å². The van der Waals surface area contributed by atoms with Crippen LogP contribution in [-0.2, 0) is 10.0 Å². The Balaban J connectivity index is 0.00000153. The lowest BCUT2D eigenvalue weighted by Gasteiger charge is -2.60. The zero-order valence-electron chi connectivity index (χ0n) is 28.0. The summed E-state index contributed by atoms with van der Waals surface area (Å²) in [6.07, 6.45) is -1.28. The summed E-state index contributed by atoms with van der Waals surface area (Å²) < 4.78 is 79.0. The van der Waals surface area contributed by atoms with Crippen LogP contribution >= 0.6 is 0 Å². The molecule has 1 aliphatic heterocycles. The van der Waals surface area contributed by atoms with E-state index in [1.54, 1.807) is 11.0 Å². The highest BCUT2D eigenvalue weighted by atomic mass is 32.2. The quantitative estimate of drug-likeness (QED) is 0.296. The van der Waals surface area contributed by atoms with Crippen LogP contribution in [0.1, 0.15) is 88.6 Å². The lowest BCUT2D eigenvalue weighted by atomic mass is 9.50. The predicted octanol–water partition coefficient (Wildman–Crippen LogP) is 8.35. The molecule has 2 aromatic carbocycles. The van der Waals surface area contributed by atoms with Crippen molar-refractivity contribution in [1.29, 1.82) is 0 Å². The third kappa shape index (κ3) is 6.28. The summed E-state index contributed by atoms with van der Waals surface area (Å²) >= 11 is 0. The van der Waals surface area contributed by atoms with Gasteiger partial charge in [-0.05, 0) is 99.5 Å². The number of hydrogen-bond donors (Lipinski definition) is 1. The van der Waals surface area contributed by atoms with Crippen molar-refractivity contribution in [3.63, 3.8) is 0 Å². The Kier molecular flexibility index (Phi) is 8.79. The van der Waals surface area contributed by atoms with E-state index in [1.165, 1.54) is 24.3 Å². The number of alkyl halides is 3. The Morgan fingerprint density at radius 2 is 1.65 bits per heavy atom. The molecule has 2 heterocycles. The number of aromatic nitrogens is 2. The van der Waals surface area contributed by atoms with Crippen LogP contribution in [0.3, 0.4) is 0 Å². The fraction of sp³-hybridized carbons (Fsp3) is 0.528. The number of aryl methyl sites for hydroxylation is 2. The molecular weight excluding hydrogens is 641 g/mol. The van der Waals surface area contributed by atoms with Crippen molar-refractivity contribution in [1.82, 2.24) is 14.9 Å². The highest BCUT2D eigenvalue weighted by molar-refractivity contribution is 7.92. The first-order valence-corrected chi connectivity index (χ1v) is 18.3. The summed E-state index contributed by atoms with van der Waals surface area (Å²) in [4.78, 5) is 24.6. The standard InChI is InChI=1S/C34H37F3N4O4S.C2H6.H2/c1-20-14-32(15-20)16-24(17-32)41-25(18-33(10-11-33)34(35,36)37)19-45-28-13-27(29-21(2)6-4-7-22(29)3)38-31(39-28)40-46(43,44)26-9-5-8-23(12-26)30(41)42;1-2;/h4-9,12-13,20,24-25H,10-11,14-19H2,1-3H3,(H,38,39,40);1-2H3;1H/t20?,24?,25-,32?;;/m1../s1. The lowest BCUT2D eigenvalue weighted by Crippen LogP contribution is -2.61. The predicted molar refractivity (Wildman–Crippen MR) is 179 cm³/mol. The molecule has 3 aliphatic carbocycles. The van der Waals surface area contributed by atoms with Gasteiger partial charge in [-0.3, -0.25) is 4.79 Å². The first-order chi connectivity index (χ1) is 22.7. The van der Waals surface area contributed by atoms with Gasteiger partial charge in [0, 0.05) is 24.7 Å². The summed E-state index contributed by atoms with van der Waals surface area (Å²) in [7, 11) is -4.25. The first kappa shape index (κ1) is 34.2. The minimum Gasteiger partial charge on any atom is -0.475 e. The smallest absolute Gasteiger partial charge is 0.394 e. The fourth-order valence-corrected chi connectivity index (χ4v) is 9.15. The Bertz CT molecular complexity index is 1800. The Hall–Kier alpha value is -3.67. The van der Waals surface area contributed by atoms with Crippen molar-refractivity contribution in [2.75, 3.05) is 11.3 Å². The van der Waals surface area contributed by atoms with Gasteiger partial charge in [0.15, 0.2) is 0 Å². The van der Waals surface area contributed by atoms with E-state index in [9.17, 15) is 26.4 Å². The highest BCUT2D eigenvalue weighted by Crippen LogP contribution is 2.63. The first-order valence-electron chi connectivity index (χ1n) is 16.8. The normalized spacial score (nSPS) is 27.0. The molecule has 4 bridgehead atoms. The molecule has 0 radical (unpaired) electrons. The number of benzene rings is 2. The molecule has 1 spiro atoms. The number of carbonyl (C=O) groups excluding carboxylic acids is 1. The molecule has 0 unspecified atom stereocenters. The summed E-state index contributed by atoms with van der Waals surface area (Å²) in [5.74, 6) is -0.153. The van der Waals surface area contributed by atoms with E-state index < -0.39 is 33.6 Å². The number of sulfonamides is 1. The molecule has 0 saturated heterocycles. The number of hydrogen-bond acceptors (Lipinski definition) is 6. The number of rotatable bonds is 4. The van der Waals surface area contributed by atoms with Crippen molar-refractivity contribution in [3.8, 4) is 17.1 Å². The van der Waals surface area contributed by atoms with Crippen LogP contribution in [0, 0.1) is 30.6 Å². The van der Waals surface area contributed by atoms with Crippen LogP contribution in [0.2, 0.25) is 0 Å². The van der Waals surface area contributed by atoms with Gasteiger partial charge in [0.2, 0.25) is 11.8 Å². The zero-order valence-corrected chi connectivity index (χ0v) is 28.8. The maximum atomic E-state index is 14.4. The molecule has 3 fully saturated rings. The van der Waals surface area contributed by atoms with Crippen molar-refractivity contribution in [3.05, 3.63) is 65.2 Å². The number of ether oxygens (including phenoxy) is 1. The van der Waals surface area contributed by atoms with E-state index in [2.05, 4.69) is 21.6 Å².